The van der Waals surface area contributed by atoms with Crippen LogP contribution in [0.5, 0.6) is 0 Å². The topological polar surface area (TPSA) is 26.0 Å². The van der Waals surface area contributed by atoms with Gasteiger partial charge in [-0.3, -0.25) is 0 Å². The van der Waals surface area contributed by atoms with Crippen molar-refractivity contribution in [3.63, 3.8) is 0 Å². The third-order valence-corrected chi connectivity index (χ3v) is 4.41. The summed E-state index contributed by atoms with van der Waals surface area (Å²) in [7, 11) is 0. The second-order valence-electron chi connectivity index (χ2n) is 5.94. The van der Waals surface area contributed by atoms with E-state index in [1.54, 1.807) is 6.07 Å². The highest BCUT2D eigenvalue weighted by molar-refractivity contribution is 6.23. The van der Waals surface area contributed by atoms with Crippen molar-refractivity contribution in [1.82, 2.24) is 0 Å². The van der Waals surface area contributed by atoms with E-state index in [1.807, 2.05) is 48.5 Å². The molecular weight excluding hydrogens is 335 g/mol. The molecule has 0 spiro atoms. The van der Waals surface area contributed by atoms with Crippen LogP contribution in [-0.2, 0) is 0 Å². The van der Waals surface area contributed by atoms with Crippen LogP contribution in [0.25, 0.3) is 32.3 Å². The summed E-state index contributed by atoms with van der Waals surface area (Å²) in [6.07, 6.45) is -5.29. The summed E-state index contributed by atoms with van der Waals surface area (Å²) in [5, 5.41) is 6.08. The molecule has 0 saturated carbocycles. The van der Waals surface area contributed by atoms with Gasteiger partial charge < -0.3 is 5.73 Å². The zero-order chi connectivity index (χ0) is 16.2. The fourth-order valence-electron chi connectivity index (χ4n) is 3.44. The minimum absolute atomic E-state index is 0. The summed E-state index contributed by atoms with van der Waals surface area (Å²) in [6, 6.07) is 16.4. The maximum absolute atomic E-state index is 12.7. The zero-order valence-electron chi connectivity index (χ0n) is 12.6. The smallest absolute Gasteiger partial charge is 0.324 e. The van der Waals surface area contributed by atoms with Crippen molar-refractivity contribution in [3.8, 4) is 0 Å². The van der Waals surface area contributed by atoms with Gasteiger partial charge in [0.05, 0.1) is 6.42 Å². The molecule has 4 rings (SSSR count). The minimum Gasteiger partial charge on any atom is -0.324 e. The summed E-state index contributed by atoms with van der Waals surface area (Å²) in [4.78, 5) is 0. The lowest BCUT2D eigenvalue weighted by atomic mass is 9.89. The molecule has 0 fully saturated rings. The van der Waals surface area contributed by atoms with E-state index in [0.717, 1.165) is 32.3 Å². The molecule has 0 aliphatic heterocycles. The first-order valence-corrected chi connectivity index (χ1v) is 7.43. The average molecular weight is 350 g/mol. The van der Waals surface area contributed by atoms with Gasteiger partial charge in [0.25, 0.3) is 0 Å². The first-order chi connectivity index (χ1) is 10.9. The summed E-state index contributed by atoms with van der Waals surface area (Å²) in [6.45, 7) is 0. The van der Waals surface area contributed by atoms with Crippen LogP contribution in [0.15, 0.2) is 54.6 Å². The molecule has 24 heavy (non-hydrogen) atoms. The van der Waals surface area contributed by atoms with Crippen molar-refractivity contribution >= 4 is 44.7 Å². The molecule has 5 heteroatoms. The first-order valence-electron chi connectivity index (χ1n) is 7.43. The van der Waals surface area contributed by atoms with Crippen LogP contribution in [0.3, 0.4) is 0 Å². The number of hydrogen-bond donors (Lipinski definition) is 1. The molecule has 0 amide bonds. The molecule has 0 aromatic heterocycles. The standard InChI is InChI=1S/C19H14F3N.ClH/c20-19(21,22)10-16(23)14-8-6-13-5-4-11-2-1-3-12-7-9-15(14)18(13)17(11)12;/h1-9,16H,10,23H2;1H/t16-;/m1./s1. The van der Waals surface area contributed by atoms with Gasteiger partial charge >= 0.3 is 6.18 Å². The number of benzene rings is 4. The van der Waals surface area contributed by atoms with E-state index in [0.29, 0.717) is 5.56 Å². The molecule has 2 N–H and O–H groups in total. The van der Waals surface area contributed by atoms with Gasteiger partial charge in [-0.25, -0.2) is 0 Å². The van der Waals surface area contributed by atoms with Gasteiger partial charge in [-0.05, 0) is 37.9 Å². The number of nitrogens with two attached hydrogens (primary N) is 1. The van der Waals surface area contributed by atoms with Crippen molar-refractivity contribution < 1.29 is 13.2 Å². The Morgan fingerprint density at radius 3 is 1.96 bits per heavy atom. The van der Waals surface area contributed by atoms with Gasteiger partial charge in [0.1, 0.15) is 0 Å². The lowest BCUT2D eigenvalue weighted by Gasteiger charge is -2.19. The third kappa shape index (κ3) is 2.66. The predicted molar refractivity (Wildman–Crippen MR) is 95.0 cm³/mol. The highest BCUT2D eigenvalue weighted by Crippen LogP contribution is 2.38. The molecule has 0 heterocycles. The molecule has 0 unspecified atom stereocenters. The normalized spacial score (nSPS) is 13.5. The molecule has 4 aromatic carbocycles. The maximum atomic E-state index is 12.7. The monoisotopic (exact) mass is 349 g/mol. The van der Waals surface area contributed by atoms with Gasteiger partial charge in [-0.2, -0.15) is 13.2 Å². The van der Waals surface area contributed by atoms with Crippen molar-refractivity contribution in [1.29, 1.82) is 0 Å². The van der Waals surface area contributed by atoms with E-state index < -0.39 is 18.6 Å². The SMILES string of the molecule is Cl.N[C@H](CC(F)(F)F)c1ccc2ccc3cccc4ccc1c2c34. The maximum Gasteiger partial charge on any atom is 0.390 e. The molecule has 0 aliphatic carbocycles. The zero-order valence-corrected chi connectivity index (χ0v) is 13.4. The van der Waals surface area contributed by atoms with Crippen LogP contribution in [-0.4, -0.2) is 6.18 Å². The summed E-state index contributed by atoms with van der Waals surface area (Å²) in [5.74, 6) is 0. The van der Waals surface area contributed by atoms with Crippen LogP contribution in [0.4, 0.5) is 13.2 Å². The third-order valence-electron chi connectivity index (χ3n) is 4.41. The van der Waals surface area contributed by atoms with Crippen LogP contribution in [0.2, 0.25) is 0 Å². The van der Waals surface area contributed by atoms with Crippen LogP contribution in [0, 0.1) is 0 Å². The van der Waals surface area contributed by atoms with Gasteiger partial charge in [0.2, 0.25) is 0 Å². The molecule has 0 radical (unpaired) electrons. The molecule has 1 atom stereocenters. The summed E-state index contributed by atoms with van der Waals surface area (Å²) < 4.78 is 38.1. The predicted octanol–water partition coefficient (Wildman–Crippen LogP) is 5.96. The Morgan fingerprint density at radius 2 is 1.33 bits per heavy atom. The van der Waals surface area contributed by atoms with E-state index in [2.05, 4.69) is 0 Å². The van der Waals surface area contributed by atoms with Crippen LogP contribution >= 0.6 is 12.4 Å². The lowest BCUT2D eigenvalue weighted by Crippen LogP contribution is -2.20. The van der Waals surface area contributed by atoms with Crippen molar-refractivity contribution in [2.24, 2.45) is 5.73 Å². The van der Waals surface area contributed by atoms with E-state index in [9.17, 15) is 13.2 Å². The number of rotatable bonds is 2. The highest BCUT2D eigenvalue weighted by Gasteiger charge is 2.31. The van der Waals surface area contributed by atoms with E-state index in [4.69, 9.17) is 5.73 Å². The van der Waals surface area contributed by atoms with Gasteiger partial charge in [-0.1, -0.05) is 54.6 Å². The number of halogens is 4. The average Bonchev–Trinajstić information content (AvgIpc) is 2.50. The molecule has 124 valence electrons. The fourth-order valence-corrected chi connectivity index (χ4v) is 3.44. The van der Waals surface area contributed by atoms with E-state index in [-0.39, 0.29) is 12.4 Å². The molecule has 1 nitrogen and oxygen atoms in total. The molecule has 0 bridgehead atoms. The van der Waals surface area contributed by atoms with Gasteiger partial charge in [0.15, 0.2) is 0 Å². The van der Waals surface area contributed by atoms with Crippen molar-refractivity contribution in [2.75, 3.05) is 0 Å². The number of hydrogen-bond acceptors (Lipinski definition) is 1. The largest absolute Gasteiger partial charge is 0.390 e. The Bertz CT molecular complexity index is 994. The second-order valence-corrected chi connectivity index (χ2v) is 5.94. The second kappa shape index (κ2) is 5.80. The number of alkyl halides is 3. The fraction of sp³-hybridized carbons (Fsp3) is 0.158. The quantitative estimate of drug-likeness (QED) is 0.444. The Kier molecular flexibility index (Phi) is 4.06. The van der Waals surface area contributed by atoms with Crippen LogP contribution in [0.1, 0.15) is 18.0 Å². The molecule has 4 aromatic rings. The molecule has 0 aliphatic rings. The Labute approximate surface area is 143 Å². The van der Waals surface area contributed by atoms with Gasteiger partial charge in [-0.15, -0.1) is 12.4 Å². The Balaban J connectivity index is 0.00000169. The van der Waals surface area contributed by atoms with E-state index >= 15 is 0 Å². The Hall–Kier alpha value is -2.04. The van der Waals surface area contributed by atoms with Crippen molar-refractivity contribution in [3.05, 3.63) is 60.2 Å². The first kappa shape index (κ1) is 16.8. The van der Waals surface area contributed by atoms with Gasteiger partial charge in [0, 0.05) is 6.04 Å². The minimum atomic E-state index is -4.27. The highest BCUT2D eigenvalue weighted by atomic mass is 35.5. The van der Waals surface area contributed by atoms with Crippen LogP contribution < -0.4 is 5.73 Å². The summed E-state index contributed by atoms with van der Waals surface area (Å²) >= 11 is 0. The molecular formula is C19H15ClF3N. The summed E-state index contributed by atoms with van der Waals surface area (Å²) in [5.41, 5.74) is 6.41. The van der Waals surface area contributed by atoms with Crippen molar-refractivity contribution in [2.45, 2.75) is 18.6 Å². The molecule has 0 saturated heterocycles. The Morgan fingerprint density at radius 1 is 0.792 bits per heavy atom. The van der Waals surface area contributed by atoms with E-state index in [1.165, 1.54) is 0 Å². The lowest BCUT2D eigenvalue weighted by molar-refractivity contribution is -0.138.